The van der Waals surface area contributed by atoms with Crippen molar-refractivity contribution in [3.8, 4) is 0 Å². The fourth-order valence-electron chi connectivity index (χ4n) is 2.33. The van der Waals surface area contributed by atoms with E-state index in [0.29, 0.717) is 5.56 Å². The van der Waals surface area contributed by atoms with Gasteiger partial charge in [-0.2, -0.15) is 0 Å². The Hall–Kier alpha value is -2.46. The summed E-state index contributed by atoms with van der Waals surface area (Å²) in [6.07, 6.45) is 2.99. The van der Waals surface area contributed by atoms with Crippen molar-refractivity contribution < 1.29 is 19.0 Å². The standard InChI is InChI=1S/C21H23FO3/c1-16(2)21(24,12-11-17-9-6-10-19(22)13-17)14-20(23)25-15-18-7-4-3-5-8-18/h3-13,16,24H,14-15H2,1-2H3/b12-11+. The molecule has 25 heavy (non-hydrogen) atoms. The number of rotatable bonds is 7. The van der Waals surface area contributed by atoms with E-state index in [4.69, 9.17) is 4.74 Å². The van der Waals surface area contributed by atoms with Crippen LogP contribution in [0, 0.1) is 11.7 Å². The number of hydrogen-bond acceptors (Lipinski definition) is 3. The highest BCUT2D eigenvalue weighted by Gasteiger charge is 2.31. The molecular formula is C21H23FO3. The number of benzene rings is 2. The molecule has 2 aromatic rings. The molecule has 0 aliphatic rings. The Balaban J connectivity index is 2.01. The molecular weight excluding hydrogens is 319 g/mol. The van der Waals surface area contributed by atoms with Crippen molar-refractivity contribution >= 4 is 12.0 Å². The predicted molar refractivity (Wildman–Crippen MR) is 96.1 cm³/mol. The molecule has 2 aromatic carbocycles. The van der Waals surface area contributed by atoms with E-state index in [1.54, 1.807) is 18.2 Å². The number of esters is 1. The van der Waals surface area contributed by atoms with Crippen LogP contribution in [0.5, 0.6) is 0 Å². The summed E-state index contributed by atoms with van der Waals surface area (Å²) in [6.45, 7) is 3.81. The summed E-state index contributed by atoms with van der Waals surface area (Å²) in [4.78, 5) is 12.1. The summed E-state index contributed by atoms with van der Waals surface area (Å²) < 4.78 is 18.5. The van der Waals surface area contributed by atoms with Gasteiger partial charge in [-0.25, -0.2) is 4.39 Å². The van der Waals surface area contributed by atoms with E-state index in [1.807, 2.05) is 44.2 Å². The second kappa shape index (κ2) is 8.58. The minimum Gasteiger partial charge on any atom is -0.461 e. The third-order valence-electron chi connectivity index (χ3n) is 4.08. The zero-order chi connectivity index (χ0) is 18.3. The molecule has 0 bridgehead atoms. The van der Waals surface area contributed by atoms with Gasteiger partial charge in [-0.15, -0.1) is 0 Å². The number of halogens is 1. The fourth-order valence-corrected chi connectivity index (χ4v) is 2.33. The summed E-state index contributed by atoms with van der Waals surface area (Å²) in [5.74, 6) is -1.04. The molecule has 132 valence electrons. The number of hydrogen-bond donors (Lipinski definition) is 1. The molecule has 0 heterocycles. The van der Waals surface area contributed by atoms with Gasteiger partial charge in [0.1, 0.15) is 12.4 Å². The van der Waals surface area contributed by atoms with E-state index in [9.17, 15) is 14.3 Å². The van der Waals surface area contributed by atoms with Crippen LogP contribution in [0.2, 0.25) is 0 Å². The molecule has 0 saturated heterocycles. The zero-order valence-corrected chi connectivity index (χ0v) is 14.5. The second-order valence-corrected chi connectivity index (χ2v) is 6.36. The topological polar surface area (TPSA) is 46.5 Å². The summed E-state index contributed by atoms with van der Waals surface area (Å²) in [6, 6.07) is 15.4. The van der Waals surface area contributed by atoms with Gasteiger partial charge < -0.3 is 9.84 Å². The van der Waals surface area contributed by atoms with Gasteiger partial charge in [0.25, 0.3) is 0 Å². The lowest BCUT2D eigenvalue weighted by atomic mass is 9.86. The van der Waals surface area contributed by atoms with Gasteiger partial charge in [0.15, 0.2) is 0 Å². The van der Waals surface area contributed by atoms with E-state index in [2.05, 4.69) is 0 Å². The van der Waals surface area contributed by atoms with E-state index >= 15 is 0 Å². The van der Waals surface area contributed by atoms with Gasteiger partial charge in [-0.1, -0.05) is 68.5 Å². The van der Waals surface area contributed by atoms with Crippen LogP contribution < -0.4 is 0 Å². The molecule has 1 atom stereocenters. The van der Waals surface area contributed by atoms with Gasteiger partial charge in [0.05, 0.1) is 12.0 Å². The van der Waals surface area contributed by atoms with E-state index in [-0.39, 0.29) is 24.8 Å². The first-order chi connectivity index (χ1) is 11.9. The molecule has 0 aliphatic carbocycles. The van der Waals surface area contributed by atoms with Gasteiger partial charge in [0.2, 0.25) is 0 Å². The molecule has 0 fully saturated rings. The van der Waals surface area contributed by atoms with Crippen LogP contribution in [-0.4, -0.2) is 16.7 Å². The SMILES string of the molecule is CC(C)C(O)(/C=C/c1cccc(F)c1)CC(=O)OCc1ccccc1. The third kappa shape index (κ3) is 5.84. The van der Waals surface area contributed by atoms with Crippen molar-refractivity contribution in [3.63, 3.8) is 0 Å². The summed E-state index contributed by atoms with van der Waals surface area (Å²) >= 11 is 0. The summed E-state index contributed by atoms with van der Waals surface area (Å²) in [5.41, 5.74) is 0.149. The first-order valence-corrected chi connectivity index (χ1v) is 8.26. The average molecular weight is 342 g/mol. The Kier molecular flexibility index (Phi) is 6.48. The van der Waals surface area contributed by atoms with Gasteiger partial charge in [0, 0.05) is 0 Å². The normalized spacial score (nSPS) is 13.8. The van der Waals surface area contributed by atoms with Crippen molar-refractivity contribution in [1.29, 1.82) is 0 Å². The molecule has 4 heteroatoms. The van der Waals surface area contributed by atoms with Gasteiger partial charge in [-0.3, -0.25) is 4.79 Å². The molecule has 0 aromatic heterocycles. The predicted octanol–water partition coefficient (Wildman–Crippen LogP) is 4.36. The van der Waals surface area contributed by atoms with Crippen molar-refractivity contribution in [3.05, 3.63) is 77.6 Å². The van der Waals surface area contributed by atoms with Crippen molar-refractivity contribution in [1.82, 2.24) is 0 Å². The maximum atomic E-state index is 13.2. The van der Waals surface area contributed by atoms with Gasteiger partial charge >= 0.3 is 5.97 Å². The van der Waals surface area contributed by atoms with E-state index < -0.39 is 11.6 Å². The van der Waals surface area contributed by atoms with E-state index in [1.165, 1.54) is 18.2 Å². The van der Waals surface area contributed by atoms with Gasteiger partial charge in [-0.05, 0) is 29.2 Å². The first-order valence-electron chi connectivity index (χ1n) is 8.26. The number of carbonyl (C=O) groups excluding carboxylic acids is 1. The van der Waals surface area contributed by atoms with Crippen LogP contribution in [0.15, 0.2) is 60.7 Å². The molecule has 3 nitrogen and oxygen atoms in total. The third-order valence-corrected chi connectivity index (χ3v) is 4.08. The smallest absolute Gasteiger partial charge is 0.309 e. The first kappa shape index (κ1) is 18.9. The lowest BCUT2D eigenvalue weighted by Gasteiger charge is -2.28. The van der Waals surface area contributed by atoms with Crippen LogP contribution in [-0.2, 0) is 16.1 Å². The minimum atomic E-state index is -1.36. The lowest BCUT2D eigenvalue weighted by Crippen LogP contribution is -2.35. The van der Waals surface area contributed by atoms with E-state index in [0.717, 1.165) is 5.56 Å². The highest BCUT2D eigenvalue weighted by atomic mass is 19.1. The monoisotopic (exact) mass is 342 g/mol. The highest BCUT2D eigenvalue weighted by molar-refractivity contribution is 5.71. The van der Waals surface area contributed by atoms with Crippen LogP contribution in [0.1, 0.15) is 31.4 Å². The van der Waals surface area contributed by atoms with Crippen molar-refractivity contribution in [2.75, 3.05) is 0 Å². The molecule has 1 N–H and O–H groups in total. The zero-order valence-electron chi connectivity index (χ0n) is 14.5. The molecule has 2 rings (SSSR count). The summed E-state index contributed by atoms with van der Waals surface area (Å²) in [7, 11) is 0. The Morgan fingerprint density at radius 1 is 1.20 bits per heavy atom. The number of aliphatic hydroxyl groups is 1. The Labute approximate surface area is 147 Å². The Morgan fingerprint density at radius 3 is 2.56 bits per heavy atom. The Morgan fingerprint density at radius 2 is 1.92 bits per heavy atom. The molecule has 0 amide bonds. The highest BCUT2D eigenvalue weighted by Crippen LogP contribution is 2.25. The molecule has 1 unspecified atom stereocenters. The van der Waals surface area contributed by atoms with Crippen molar-refractivity contribution in [2.45, 2.75) is 32.5 Å². The Bertz CT molecular complexity index is 725. The number of carbonyl (C=O) groups is 1. The van der Waals surface area contributed by atoms with Crippen LogP contribution in [0.25, 0.3) is 6.08 Å². The average Bonchev–Trinajstić information content (AvgIpc) is 2.59. The lowest BCUT2D eigenvalue weighted by molar-refractivity contribution is -0.150. The maximum absolute atomic E-state index is 13.2. The number of ether oxygens (including phenoxy) is 1. The quantitative estimate of drug-likeness (QED) is 0.761. The fraction of sp³-hybridized carbons (Fsp3) is 0.286. The minimum absolute atomic E-state index is 0.163. The molecule has 0 aliphatic heterocycles. The largest absolute Gasteiger partial charge is 0.461 e. The summed E-state index contributed by atoms with van der Waals surface area (Å²) in [5, 5.41) is 10.8. The van der Waals surface area contributed by atoms with Crippen LogP contribution in [0.4, 0.5) is 4.39 Å². The maximum Gasteiger partial charge on any atom is 0.309 e. The molecule has 0 spiro atoms. The molecule has 0 radical (unpaired) electrons. The van der Waals surface area contributed by atoms with Crippen molar-refractivity contribution in [2.24, 2.45) is 5.92 Å². The second-order valence-electron chi connectivity index (χ2n) is 6.36. The van der Waals surface area contributed by atoms with Crippen LogP contribution in [0.3, 0.4) is 0 Å². The molecule has 0 saturated carbocycles. The van der Waals surface area contributed by atoms with Crippen LogP contribution >= 0.6 is 0 Å².